The zero-order chi connectivity index (χ0) is 20.5. The minimum Gasteiger partial charge on any atom is -0.493 e. The number of benzene rings is 2. The number of rotatable bonds is 9. The molecule has 0 bridgehead atoms. The summed E-state index contributed by atoms with van der Waals surface area (Å²) >= 11 is 0. The first-order valence-corrected chi connectivity index (χ1v) is 8.84. The minimum atomic E-state index is -0.944. The Kier molecular flexibility index (Phi) is 7.68. The fourth-order valence-electron chi connectivity index (χ4n) is 2.35. The molecule has 0 radical (unpaired) electrons. The Morgan fingerprint density at radius 3 is 2.32 bits per heavy atom. The van der Waals surface area contributed by atoms with E-state index in [4.69, 9.17) is 18.9 Å². The molecule has 1 atom stereocenters. The maximum atomic E-state index is 12.2. The highest BCUT2D eigenvalue weighted by molar-refractivity contribution is 5.95. The zero-order valence-corrected chi connectivity index (χ0v) is 16.5. The van der Waals surface area contributed by atoms with Gasteiger partial charge in [-0.05, 0) is 38.1 Å². The van der Waals surface area contributed by atoms with Crippen LogP contribution in [-0.4, -0.2) is 38.8 Å². The van der Waals surface area contributed by atoms with Gasteiger partial charge in [0, 0.05) is 11.8 Å². The maximum absolute atomic E-state index is 12.2. The lowest BCUT2D eigenvalue weighted by atomic mass is 10.2. The van der Waals surface area contributed by atoms with Crippen LogP contribution in [0, 0.1) is 6.92 Å². The molecule has 150 valence electrons. The smallest absolute Gasteiger partial charge is 0.310 e. The summed E-state index contributed by atoms with van der Waals surface area (Å²) in [6.07, 6.45) is -0.901. The summed E-state index contributed by atoms with van der Waals surface area (Å²) in [5.74, 6) is 0.756. The van der Waals surface area contributed by atoms with Crippen LogP contribution in [-0.2, 0) is 14.3 Å². The van der Waals surface area contributed by atoms with E-state index in [0.29, 0.717) is 22.9 Å². The van der Waals surface area contributed by atoms with E-state index >= 15 is 0 Å². The molecule has 0 spiro atoms. The van der Waals surface area contributed by atoms with E-state index in [9.17, 15) is 9.59 Å². The number of esters is 1. The molecule has 0 saturated carbocycles. The number of carbonyl (C=O) groups is 2. The van der Waals surface area contributed by atoms with Gasteiger partial charge >= 0.3 is 5.97 Å². The minimum absolute atomic E-state index is 0.0435. The van der Waals surface area contributed by atoms with Crippen LogP contribution >= 0.6 is 0 Å². The molecule has 2 rings (SSSR count). The molecular weight excluding hydrogens is 362 g/mol. The molecule has 0 aliphatic heterocycles. The molecule has 0 unspecified atom stereocenters. The van der Waals surface area contributed by atoms with Crippen molar-refractivity contribution in [1.82, 2.24) is 0 Å². The van der Waals surface area contributed by atoms with Crippen LogP contribution in [0.15, 0.2) is 42.5 Å². The van der Waals surface area contributed by atoms with Gasteiger partial charge in [0.2, 0.25) is 0 Å². The Labute approximate surface area is 164 Å². The van der Waals surface area contributed by atoms with Crippen LogP contribution in [0.5, 0.6) is 17.2 Å². The van der Waals surface area contributed by atoms with Gasteiger partial charge < -0.3 is 24.3 Å². The molecule has 7 nitrogen and oxygen atoms in total. The van der Waals surface area contributed by atoms with Gasteiger partial charge in [-0.2, -0.15) is 0 Å². The number of hydrogen-bond donors (Lipinski definition) is 1. The molecule has 1 N–H and O–H groups in total. The fraction of sp³-hybridized carbons (Fsp3) is 0.333. The first-order valence-electron chi connectivity index (χ1n) is 8.84. The van der Waals surface area contributed by atoms with E-state index in [-0.39, 0.29) is 13.0 Å². The van der Waals surface area contributed by atoms with Gasteiger partial charge in [0.15, 0.2) is 17.6 Å². The van der Waals surface area contributed by atoms with Crippen molar-refractivity contribution >= 4 is 17.6 Å². The number of hydrogen-bond acceptors (Lipinski definition) is 6. The van der Waals surface area contributed by atoms with Gasteiger partial charge in [0.25, 0.3) is 5.91 Å². The molecule has 0 aliphatic carbocycles. The Morgan fingerprint density at radius 1 is 1.00 bits per heavy atom. The summed E-state index contributed by atoms with van der Waals surface area (Å²) in [7, 11) is 3.03. The summed E-state index contributed by atoms with van der Waals surface area (Å²) in [6, 6.07) is 12.5. The van der Waals surface area contributed by atoms with E-state index in [1.807, 2.05) is 31.2 Å². The normalized spacial score (nSPS) is 11.3. The van der Waals surface area contributed by atoms with E-state index in [1.54, 1.807) is 18.2 Å². The lowest BCUT2D eigenvalue weighted by molar-refractivity contribution is -0.153. The molecular formula is C21H25NO6. The summed E-state index contributed by atoms with van der Waals surface area (Å²) < 4.78 is 21.0. The molecule has 2 aromatic carbocycles. The van der Waals surface area contributed by atoms with Crippen molar-refractivity contribution in [3.63, 3.8) is 0 Å². The first-order chi connectivity index (χ1) is 13.4. The van der Waals surface area contributed by atoms with E-state index < -0.39 is 18.0 Å². The molecule has 0 fully saturated rings. The zero-order valence-electron chi connectivity index (χ0n) is 16.5. The number of methoxy groups -OCH3 is 2. The molecule has 0 aromatic heterocycles. The van der Waals surface area contributed by atoms with E-state index in [0.717, 1.165) is 5.56 Å². The topological polar surface area (TPSA) is 83.1 Å². The monoisotopic (exact) mass is 387 g/mol. The molecule has 2 aromatic rings. The molecule has 7 heteroatoms. The van der Waals surface area contributed by atoms with Crippen molar-refractivity contribution in [1.29, 1.82) is 0 Å². The van der Waals surface area contributed by atoms with Crippen LogP contribution in [0.4, 0.5) is 5.69 Å². The second-order valence-electron chi connectivity index (χ2n) is 6.10. The quantitative estimate of drug-likeness (QED) is 0.665. The average molecular weight is 387 g/mol. The number of ether oxygens (including phenoxy) is 4. The first kappa shape index (κ1) is 21.1. The second-order valence-corrected chi connectivity index (χ2v) is 6.10. The van der Waals surface area contributed by atoms with Crippen LogP contribution < -0.4 is 19.5 Å². The van der Waals surface area contributed by atoms with Crippen LogP contribution in [0.25, 0.3) is 0 Å². The Balaban J connectivity index is 1.79. The highest BCUT2D eigenvalue weighted by atomic mass is 16.6. The predicted octanol–water partition coefficient (Wildman–Crippen LogP) is 3.35. The van der Waals surface area contributed by atoms with Gasteiger partial charge in [-0.1, -0.05) is 17.7 Å². The van der Waals surface area contributed by atoms with Crippen LogP contribution in [0.2, 0.25) is 0 Å². The third-order valence-corrected chi connectivity index (χ3v) is 3.92. The van der Waals surface area contributed by atoms with Crippen molar-refractivity contribution in [2.24, 2.45) is 0 Å². The average Bonchev–Trinajstić information content (AvgIpc) is 2.69. The Morgan fingerprint density at radius 2 is 1.68 bits per heavy atom. The lowest BCUT2D eigenvalue weighted by Gasteiger charge is -2.15. The molecule has 28 heavy (non-hydrogen) atoms. The van der Waals surface area contributed by atoms with Crippen molar-refractivity contribution in [2.45, 2.75) is 26.4 Å². The van der Waals surface area contributed by atoms with Crippen LogP contribution in [0.1, 0.15) is 18.9 Å². The molecule has 0 aliphatic rings. The van der Waals surface area contributed by atoms with E-state index in [2.05, 4.69) is 5.32 Å². The number of aryl methyl sites for hydroxylation is 1. The highest BCUT2D eigenvalue weighted by Gasteiger charge is 2.18. The van der Waals surface area contributed by atoms with Gasteiger partial charge in [0.05, 0.1) is 27.2 Å². The summed E-state index contributed by atoms with van der Waals surface area (Å²) in [4.78, 5) is 24.2. The highest BCUT2D eigenvalue weighted by Crippen LogP contribution is 2.29. The molecule has 0 heterocycles. The fourth-order valence-corrected chi connectivity index (χ4v) is 2.35. The number of anilines is 1. The number of carbonyl (C=O) groups excluding carboxylic acids is 2. The van der Waals surface area contributed by atoms with Crippen molar-refractivity contribution in [3.8, 4) is 17.2 Å². The second kappa shape index (κ2) is 10.2. The molecule has 1 amide bonds. The SMILES string of the molecule is COc1ccc(NC(=O)[C@@H](C)OC(=O)CCOc2ccc(C)cc2)cc1OC. The Hall–Kier alpha value is -3.22. The third kappa shape index (κ3) is 6.19. The lowest BCUT2D eigenvalue weighted by Crippen LogP contribution is -2.30. The summed E-state index contributed by atoms with van der Waals surface area (Å²) in [6.45, 7) is 3.66. The van der Waals surface area contributed by atoms with Gasteiger partial charge in [-0.25, -0.2) is 0 Å². The largest absolute Gasteiger partial charge is 0.493 e. The van der Waals surface area contributed by atoms with Gasteiger partial charge in [-0.3, -0.25) is 9.59 Å². The van der Waals surface area contributed by atoms with Crippen LogP contribution in [0.3, 0.4) is 0 Å². The summed E-state index contributed by atoms with van der Waals surface area (Å²) in [5, 5.41) is 2.68. The van der Waals surface area contributed by atoms with Crippen molar-refractivity contribution < 1.29 is 28.5 Å². The standard InChI is InChI=1S/C21H25NO6/c1-14-5-8-17(9-6-14)27-12-11-20(23)28-15(2)21(24)22-16-7-10-18(25-3)19(13-16)26-4/h5-10,13,15H,11-12H2,1-4H3,(H,22,24)/t15-/m1/s1. The van der Waals surface area contributed by atoms with Gasteiger partial charge in [-0.15, -0.1) is 0 Å². The number of nitrogens with one attached hydrogen (secondary N) is 1. The summed E-state index contributed by atoms with van der Waals surface area (Å²) in [5.41, 5.74) is 1.63. The van der Waals surface area contributed by atoms with E-state index in [1.165, 1.54) is 21.1 Å². The molecule has 0 saturated heterocycles. The Bertz CT molecular complexity index is 803. The maximum Gasteiger partial charge on any atom is 0.310 e. The predicted molar refractivity (Wildman–Crippen MR) is 105 cm³/mol. The van der Waals surface area contributed by atoms with Gasteiger partial charge in [0.1, 0.15) is 5.75 Å². The van der Waals surface area contributed by atoms with Crippen molar-refractivity contribution in [2.75, 3.05) is 26.1 Å². The number of amides is 1. The van der Waals surface area contributed by atoms with Crippen molar-refractivity contribution in [3.05, 3.63) is 48.0 Å². The third-order valence-electron chi connectivity index (χ3n) is 3.92.